The molecule has 35 heavy (non-hydrogen) atoms. The van der Waals surface area contributed by atoms with Crippen molar-refractivity contribution in [3.05, 3.63) is 94.5 Å². The topological polar surface area (TPSA) is 73.9 Å². The van der Waals surface area contributed by atoms with E-state index in [1.165, 1.54) is 6.08 Å². The number of halogens is 1. The van der Waals surface area contributed by atoms with E-state index in [0.717, 1.165) is 11.1 Å². The Hall–Kier alpha value is -3.77. The minimum absolute atomic E-state index is 0.266. The summed E-state index contributed by atoms with van der Waals surface area (Å²) in [4.78, 5) is 24.3. The smallest absolute Gasteiger partial charge is 0.338 e. The van der Waals surface area contributed by atoms with E-state index in [2.05, 4.69) is 5.32 Å². The van der Waals surface area contributed by atoms with Crippen molar-refractivity contribution < 1.29 is 23.8 Å². The molecular formula is C28H28ClNO5. The molecule has 0 saturated carbocycles. The first-order valence-electron chi connectivity index (χ1n) is 11.2. The molecule has 3 rings (SSSR count). The predicted molar refractivity (Wildman–Crippen MR) is 138 cm³/mol. The molecule has 0 unspecified atom stereocenters. The number of hydrogen-bond donors (Lipinski definition) is 1. The number of esters is 1. The summed E-state index contributed by atoms with van der Waals surface area (Å²) in [5, 5.41) is 3.44. The lowest BCUT2D eigenvalue weighted by Crippen LogP contribution is -2.11. The summed E-state index contributed by atoms with van der Waals surface area (Å²) >= 11 is 5.92. The third-order valence-corrected chi connectivity index (χ3v) is 5.11. The fourth-order valence-electron chi connectivity index (χ4n) is 3.02. The first-order valence-corrected chi connectivity index (χ1v) is 11.5. The summed E-state index contributed by atoms with van der Waals surface area (Å²) in [7, 11) is 1.56. The Balaban J connectivity index is 1.56. The zero-order valence-electron chi connectivity index (χ0n) is 19.9. The second-order valence-corrected chi connectivity index (χ2v) is 8.65. The number of benzene rings is 3. The Bertz CT molecular complexity index is 1170. The number of hydrogen-bond acceptors (Lipinski definition) is 5. The zero-order chi connectivity index (χ0) is 25.2. The third-order valence-electron chi connectivity index (χ3n) is 4.86. The van der Waals surface area contributed by atoms with Gasteiger partial charge in [0, 0.05) is 16.8 Å². The number of amides is 1. The minimum atomic E-state index is -0.383. The van der Waals surface area contributed by atoms with Crippen molar-refractivity contribution in [3.63, 3.8) is 0 Å². The highest BCUT2D eigenvalue weighted by atomic mass is 35.5. The molecule has 0 radical (unpaired) electrons. The highest BCUT2D eigenvalue weighted by Gasteiger charge is 2.09. The number of nitrogens with one attached hydrogen (secondary N) is 1. The van der Waals surface area contributed by atoms with Crippen LogP contribution >= 0.6 is 11.6 Å². The first-order chi connectivity index (χ1) is 16.8. The maximum absolute atomic E-state index is 12.3. The van der Waals surface area contributed by atoms with Crippen molar-refractivity contribution in [2.24, 2.45) is 5.92 Å². The summed E-state index contributed by atoms with van der Waals surface area (Å²) < 4.78 is 16.5. The van der Waals surface area contributed by atoms with Crippen LogP contribution in [-0.4, -0.2) is 25.6 Å². The number of ether oxygens (including phenoxy) is 3. The molecule has 0 bridgehead atoms. The van der Waals surface area contributed by atoms with Gasteiger partial charge < -0.3 is 19.5 Å². The standard InChI is InChI=1S/C28H28ClNO5/c1-19(2)17-35-28(32)22-8-12-24(13-9-22)30-27(31)15-7-20-6-14-25(26(16-20)33-3)34-18-21-4-10-23(29)11-5-21/h4-16,19H,17-18H2,1-3H3,(H,30,31). The van der Waals surface area contributed by atoms with E-state index in [1.54, 1.807) is 49.6 Å². The molecule has 6 nitrogen and oxygen atoms in total. The summed E-state index contributed by atoms with van der Waals surface area (Å²) in [6.45, 7) is 4.68. The molecule has 0 aliphatic rings. The van der Waals surface area contributed by atoms with Crippen molar-refractivity contribution in [1.29, 1.82) is 0 Å². The Labute approximate surface area is 210 Å². The van der Waals surface area contributed by atoms with Gasteiger partial charge in [-0.25, -0.2) is 4.79 Å². The second kappa shape index (κ2) is 12.6. The van der Waals surface area contributed by atoms with Gasteiger partial charge in [-0.2, -0.15) is 0 Å². The van der Waals surface area contributed by atoms with E-state index in [1.807, 2.05) is 44.2 Å². The number of anilines is 1. The van der Waals surface area contributed by atoms with E-state index >= 15 is 0 Å². The molecule has 0 atom stereocenters. The van der Waals surface area contributed by atoms with Gasteiger partial charge >= 0.3 is 5.97 Å². The van der Waals surface area contributed by atoms with Crippen LogP contribution in [0.15, 0.2) is 72.8 Å². The van der Waals surface area contributed by atoms with Crippen LogP contribution in [0.25, 0.3) is 6.08 Å². The lowest BCUT2D eigenvalue weighted by Gasteiger charge is -2.11. The van der Waals surface area contributed by atoms with Crippen molar-refractivity contribution >= 4 is 35.2 Å². The molecule has 3 aromatic carbocycles. The average Bonchev–Trinajstić information content (AvgIpc) is 2.86. The van der Waals surface area contributed by atoms with E-state index in [0.29, 0.717) is 41.0 Å². The van der Waals surface area contributed by atoms with Gasteiger partial charge in [0.1, 0.15) is 6.61 Å². The fourth-order valence-corrected chi connectivity index (χ4v) is 3.15. The van der Waals surface area contributed by atoms with Gasteiger partial charge in [0.05, 0.1) is 19.3 Å². The number of methoxy groups -OCH3 is 1. The Morgan fingerprint density at radius 2 is 1.69 bits per heavy atom. The maximum atomic E-state index is 12.3. The minimum Gasteiger partial charge on any atom is -0.493 e. The quantitative estimate of drug-likeness (QED) is 0.261. The highest BCUT2D eigenvalue weighted by molar-refractivity contribution is 6.30. The van der Waals surface area contributed by atoms with Gasteiger partial charge in [-0.15, -0.1) is 0 Å². The number of rotatable bonds is 10. The molecule has 3 aromatic rings. The molecule has 0 aliphatic heterocycles. The maximum Gasteiger partial charge on any atom is 0.338 e. The molecule has 0 spiro atoms. The molecule has 182 valence electrons. The van der Waals surface area contributed by atoms with Crippen LogP contribution in [0, 0.1) is 5.92 Å². The lowest BCUT2D eigenvalue weighted by atomic mass is 10.1. The Morgan fingerprint density at radius 3 is 2.34 bits per heavy atom. The van der Waals surface area contributed by atoms with Crippen molar-refractivity contribution in [2.45, 2.75) is 20.5 Å². The van der Waals surface area contributed by atoms with Gasteiger partial charge in [0.2, 0.25) is 5.91 Å². The van der Waals surface area contributed by atoms with E-state index in [4.69, 9.17) is 25.8 Å². The number of carbonyl (C=O) groups is 2. The van der Waals surface area contributed by atoms with E-state index < -0.39 is 0 Å². The van der Waals surface area contributed by atoms with Gasteiger partial charge in [0.15, 0.2) is 11.5 Å². The fraction of sp³-hybridized carbons (Fsp3) is 0.214. The second-order valence-electron chi connectivity index (χ2n) is 8.22. The van der Waals surface area contributed by atoms with Crippen LogP contribution in [-0.2, 0) is 16.1 Å². The van der Waals surface area contributed by atoms with Crippen LogP contribution in [0.3, 0.4) is 0 Å². The van der Waals surface area contributed by atoms with E-state index in [9.17, 15) is 9.59 Å². The molecule has 0 saturated heterocycles. The monoisotopic (exact) mass is 493 g/mol. The molecule has 1 N–H and O–H groups in total. The van der Waals surface area contributed by atoms with E-state index in [-0.39, 0.29) is 17.8 Å². The average molecular weight is 494 g/mol. The van der Waals surface area contributed by atoms with Gasteiger partial charge in [0.25, 0.3) is 0 Å². The summed E-state index contributed by atoms with van der Waals surface area (Å²) in [6.07, 6.45) is 3.10. The largest absolute Gasteiger partial charge is 0.493 e. The summed E-state index contributed by atoms with van der Waals surface area (Å²) in [5.41, 5.74) is 2.77. The van der Waals surface area contributed by atoms with Crippen LogP contribution in [0.5, 0.6) is 11.5 Å². The molecule has 7 heteroatoms. The van der Waals surface area contributed by atoms with Crippen LogP contribution in [0.1, 0.15) is 35.3 Å². The Kier molecular flexibility index (Phi) is 9.32. The molecule has 0 aromatic heterocycles. The molecule has 0 aliphatic carbocycles. The zero-order valence-corrected chi connectivity index (χ0v) is 20.7. The Morgan fingerprint density at radius 1 is 0.971 bits per heavy atom. The number of carbonyl (C=O) groups excluding carboxylic acids is 2. The molecule has 1 amide bonds. The van der Waals surface area contributed by atoms with Crippen molar-refractivity contribution in [3.8, 4) is 11.5 Å². The van der Waals surface area contributed by atoms with Crippen LogP contribution in [0.2, 0.25) is 5.02 Å². The van der Waals surface area contributed by atoms with Gasteiger partial charge in [-0.05, 0) is 71.7 Å². The predicted octanol–water partition coefficient (Wildman–Crippen LogP) is 6.39. The van der Waals surface area contributed by atoms with Crippen molar-refractivity contribution in [2.75, 3.05) is 19.0 Å². The summed E-state index contributed by atoms with van der Waals surface area (Å²) in [6, 6.07) is 19.4. The molecular weight excluding hydrogens is 466 g/mol. The van der Waals surface area contributed by atoms with Gasteiger partial charge in [-0.3, -0.25) is 4.79 Å². The molecule has 0 heterocycles. The van der Waals surface area contributed by atoms with Crippen LogP contribution in [0.4, 0.5) is 5.69 Å². The van der Waals surface area contributed by atoms with Crippen LogP contribution < -0.4 is 14.8 Å². The first kappa shape index (κ1) is 25.8. The molecule has 0 fully saturated rings. The SMILES string of the molecule is COc1cc(C=CC(=O)Nc2ccc(C(=O)OCC(C)C)cc2)ccc1OCc1ccc(Cl)cc1. The lowest BCUT2D eigenvalue weighted by molar-refractivity contribution is -0.111. The van der Waals surface area contributed by atoms with Gasteiger partial charge in [-0.1, -0.05) is 43.6 Å². The third kappa shape index (κ3) is 8.19. The normalized spacial score (nSPS) is 10.9. The van der Waals surface area contributed by atoms with Crippen molar-refractivity contribution in [1.82, 2.24) is 0 Å². The summed E-state index contributed by atoms with van der Waals surface area (Å²) in [5.74, 6) is 0.730. The highest BCUT2D eigenvalue weighted by Crippen LogP contribution is 2.29.